The maximum absolute atomic E-state index is 5.23. The fourth-order valence-corrected chi connectivity index (χ4v) is 1.49. The first-order chi connectivity index (χ1) is 7.08. The molecule has 0 unspecified atom stereocenters. The molecular formula is C11H15NO2S. The Hall–Kier alpha value is -1.29. The molecular weight excluding hydrogens is 210 g/mol. The smallest absolute Gasteiger partial charge is 0.146 e. The summed E-state index contributed by atoms with van der Waals surface area (Å²) in [5, 5.41) is 3.09. The zero-order valence-electron chi connectivity index (χ0n) is 9.13. The van der Waals surface area contributed by atoms with Crippen molar-refractivity contribution in [3.8, 4) is 11.5 Å². The normalized spacial score (nSPS) is 9.60. The van der Waals surface area contributed by atoms with Crippen molar-refractivity contribution in [3.63, 3.8) is 0 Å². The van der Waals surface area contributed by atoms with Gasteiger partial charge in [0, 0.05) is 16.7 Å². The lowest BCUT2D eigenvalue weighted by molar-refractivity contribution is 0.389. The lowest BCUT2D eigenvalue weighted by Crippen LogP contribution is -1.98. The Labute approximate surface area is 95.5 Å². The average molecular weight is 225 g/mol. The molecule has 0 aliphatic heterocycles. The zero-order valence-corrected chi connectivity index (χ0v) is 10.0. The largest absolute Gasteiger partial charge is 0.495 e. The number of nitrogens with one attached hydrogen (secondary N) is 1. The van der Waals surface area contributed by atoms with Gasteiger partial charge >= 0.3 is 0 Å². The third-order valence-electron chi connectivity index (χ3n) is 1.85. The van der Waals surface area contributed by atoms with Crippen LogP contribution in [-0.4, -0.2) is 14.2 Å². The van der Waals surface area contributed by atoms with Gasteiger partial charge in [-0.2, -0.15) is 0 Å². The van der Waals surface area contributed by atoms with E-state index in [0.29, 0.717) is 11.5 Å². The number of thiol groups is 1. The van der Waals surface area contributed by atoms with Crippen molar-refractivity contribution in [3.05, 3.63) is 24.4 Å². The van der Waals surface area contributed by atoms with E-state index in [9.17, 15) is 0 Å². The molecule has 0 aromatic heterocycles. The van der Waals surface area contributed by atoms with E-state index in [2.05, 4.69) is 24.5 Å². The summed E-state index contributed by atoms with van der Waals surface area (Å²) in [5.41, 5.74) is 1.67. The SMILES string of the molecule is C=C(C)Nc1cc(S)c(OC)cc1OC. The van der Waals surface area contributed by atoms with E-state index in [1.54, 1.807) is 20.3 Å². The molecule has 0 aliphatic carbocycles. The predicted molar refractivity (Wildman–Crippen MR) is 65.2 cm³/mol. The number of anilines is 1. The van der Waals surface area contributed by atoms with Crippen LogP contribution in [0.2, 0.25) is 0 Å². The van der Waals surface area contributed by atoms with E-state index in [0.717, 1.165) is 16.3 Å². The van der Waals surface area contributed by atoms with Gasteiger partial charge in [-0.1, -0.05) is 6.58 Å². The highest BCUT2D eigenvalue weighted by Gasteiger charge is 2.08. The summed E-state index contributed by atoms with van der Waals surface area (Å²) in [6.45, 7) is 5.65. The summed E-state index contributed by atoms with van der Waals surface area (Å²) < 4.78 is 10.4. The van der Waals surface area contributed by atoms with Crippen molar-refractivity contribution in [2.45, 2.75) is 11.8 Å². The van der Waals surface area contributed by atoms with Crippen molar-refractivity contribution in [2.24, 2.45) is 0 Å². The van der Waals surface area contributed by atoms with Crippen molar-refractivity contribution >= 4 is 18.3 Å². The minimum Gasteiger partial charge on any atom is -0.495 e. The Kier molecular flexibility index (Phi) is 3.91. The second kappa shape index (κ2) is 4.98. The van der Waals surface area contributed by atoms with E-state index >= 15 is 0 Å². The van der Waals surface area contributed by atoms with E-state index in [4.69, 9.17) is 9.47 Å². The van der Waals surface area contributed by atoms with Crippen LogP contribution in [0.1, 0.15) is 6.92 Å². The number of rotatable bonds is 4. The topological polar surface area (TPSA) is 30.5 Å². The highest BCUT2D eigenvalue weighted by Crippen LogP contribution is 2.35. The molecule has 0 atom stereocenters. The highest BCUT2D eigenvalue weighted by molar-refractivity contribution is 7.80. The summed E-state index contributed by atoms with van der Waals surface area (Å²) in [4.78, 5) is 0.752. The molecule has 1 aromatic carbocycles. The van der Waals surface area contributed by atoms with Crippen LogP contribution in [0, 0.1) is 0 Å². The molecule has 0 radical (unpaired) electrons. The van der Waals surface area contributed by atoms with Crippen molar-refractivity contribution < 1.29 is 9.47 Å². The van der Waals surface area contributed by atoms with Crippen LogP contribution in [0.4, 0.5) is 5.69 Å². The fourth-order valence-electron chi connectivity index (χ4n) is 1.21. The second-order valence-electron chi connectivity index (χ2n) is 3.13. The Bertz CT molecular complexity index is 377. The third kappa shape index (κ3) is 2.83. The summed E-state index contributed by atoms with van der Waals surface area (Å²) in [5.74, 6) is 1.38. The van der Waals surface area contributed by atoms with Crippen molar-refractivity contribution in [1.82, 2.24) is 0 Å². The van der Waals surface area contributed by atoms with Crippen LogP contribution in [0.3, 0.4) is 0 Å². The molecule has 1 aromatic rings. The lowest BCUT2D eigenvalue weighted by atomic mass is 10.2. The minimum atomic E-state index is 0.683. The molecule has 15 heavy (non-hydrogen) atoms. The summed E-state index contributed by atoms with van der Waals surface area (Å²) in [7, 11) is 3.21. The molecule has 0 heterocycles. The molecule has 1 rings (SSSR count). The fraction of sp³-hybridized carbons (Fsp3) is 0.273. The summed E-state index contributed by atoms with van der Waals surface area (Å²) in [6, 6.07) is 3.63. The molecule has 0 bridgehead atoms. The first-order valence-electron chi connectivity index (χ1n) is 4.46. The molecule has 0 spiro atoms. The van der Waals surface area contributed by atoms with Gasteiger partial charge in [0.1, 0.15) is 11.5 Å². The van der Waals surface area contributed by atoms with Crippen LogP contribution >= 0.6 is 12.6 Å². The molecule has 4 heteroatoms. The monoisotopic (exact) mass is 225 g/mol. The van der Waals surface area contributed by atoms with E-state index in [1.807, 2.05) is 13.0 Å². The van der Waals surface area contributed by atoms with Gasteiger partial charge in [0.25, 0.3) is 0 Å². The average Bonchev–Trinajstić information content (AvgIpc) is 2.17. The summed E-state index contributed by atoms with van der Waals surface area (Å²) in [6.07, 6.45) is 0. The van der Waals surface area contributed by atoms with Crippen molar-refractivity contribution in [2.75, 3.05) is 19.5 Å². The summed E-state index contributed by atoms with van der Waals surface area (Å²) >= 11 is 4.31. The van der Waals surface area contributed by atoms with Gasteiger partial charge in [0.2, 0.25) is 0 Å². The molecule has 0 amide bonds. The van der Waals surface area contributed by atoms with E-state index in [1.165, 1.54) is 0 Å². The van der Waals surface area contributed by atoms with Gasteiger partial charge < -0.3 is 14.8 Å². The number of benzene rings is 1. The van der Waals surface area contributed by atoms with E-state index < -0.39 is 0 Å². The minimum absolute atomic E-state index is 0.683. The van der Waals surface area contributed by atoms with Crippen LogP contribution in [0.5, 0.6) is 11.5 Å². The van der Waals surface area contributed by atoms with Gasteiger partial charge in [-0.25, -0.2) is 0 Å². The zero-order chi connectivity index (χ0) is 11.4. The Morgan fingerprint density at radius 2 is 1.87 bits per heavy atom. The number of hydrogen-bond acceptors (Lipinski definition) is 4. The lowest BCUT2D eigenvalue weighted by Gasteiger charge is -2.13. The molecule has 3 nitrogen and oxygen atoms in total. The predicted octanol–water partition coefficient (Wildman–Crippen LogP) is 2.94. The first-order valence-corrected chi connectivity index (χ1v) is 4.90. The van der Waals surface area contributed by atoms with Gasteiger partial charge in [0.15, 0.2) is 0 Å². The van der Waals surface area contributed by atoms with Crippen LogP contribution in [0.25, 0.3) is 0 Å². The van der Waals surface area contributed by atoms with Gasteiger partial charge in [0.05, 0.1) is 19.9 Å². The van der Waals surface area contributed by atoms with E-state index in [-0.39, 0.29) is 0 Å². The molecule has 0 saturated carbocycles. The Morgan fingerprint density at radius 1 is 1.27 bits per heavy atom. The second-order valence-corrected chi connectivity index (χ2v) is 3.61. The van der Waals surface area contributed by atoms with Crippen LogP contribution in [0.15, 0.2) is 29.3 Å². The highest BCUT2D eigenvalue weighted by atomic mass is 32.1. The molecule has 82 valence electrons. The van der Waals surface area contributed by atoms with Gasteiger partial charge in [-0.05, 0) is 13.0 Å². The van der Waals surface area contributed by atoms with Crippen molar-refractivity contribution in [1.29, 1.82) is 0 Å². The number of allylic oxidation sites excluding steroid dienone is 1. The van der Waals surface area contributed by atoms with Gasteiger partial charge in [-0.15, -0.1) is 12.6 Å². The van der Waals surface area contributed by atoms with Crippen LogP contribution < -0.4 is 14.8 Å². The standard InChI is InChI=1S/C11H15NO2S/c1-7(2)12-8-5-11(15)10(14-4)6-9(8)13-3/h5-6,12,15H,1H2,2-4H3. The molecule has 0 fully saturated rings. The number of ether oxygens (including phenoxy) is 2. The molecule has 0 aliphatic rings. The third-order valence-corrected chi connectivity index (χ3v) is 2.20. The van der Waals surface area contributed by atoms with Crippen LogP contribution in [-0.2, 0) is 0 Å². The maximum atomic E-state index is 5.23. The van der Waals surface area contributed by atoms with Gasteiger partial charge in [-0.3, -0.25) is 0 Å². The maximum Gasteiger partial charge on any atom is 0.146 e. The molecule has 1 N–H and O–H groups in total. The quantitative estimate of drug-likeness (QED) is 0.772. The Morgan fingerprint density at radius 3 is 2.33 bits per heavy atom. The first kappa shape index (κ1) is 11.8. The number of methoxy groups -OCH3 is 2. The molecule has 0 saturated heterocycles. The number of hydrogen-bond donors (Lipinski definition) is 2. The Balaban J connectivity index is 3.15.